The number of ketones is 1. The van der Waals surface area contributed by atoms with E-state index < -0.39 is 0 Å². The fourth-order valence-electron chi connectivity index (χ4n) is 3.21. The van der Waals surface area contributed by atoms with Crippen LogP contribution in [0.1, 0.15) is 65.2 Å². The molecule has 1 fully saturated rings. The van der Waals surface area contributed by atoms with Crippen LogP contribution >= 0.6 is 11.3 Å². The molecule has 2 aliphatic carbocycles. The summed E-state index contributed by atoms with van der Waals surface area (Å²) in [6.07, 6.45) is 6.19. The molecule has 124 valence electrons. The summed E-state index contributed by atoms with van der Waals surface area (Å²) in [5, 5.41) is 5.47. The monoisotopic (exact) mass is 340 g/mol. The fraction of sp³-hybridized carbons (Fsp3) is 0.421. The number of benzene rings is 1. The molecule has 4 rings (SSSR count). The molecule has 1 aromatic carbocycles. The molecule has 4 nitrogen and oxygen atoms in total. The lowest BCUT2D eigenvalue weighted by atomic mass is 10.0. The first-order valence-electron chi connectivity index (χ1n) is 8.59. The minimum atomic E-state index is -0.138. The number of fused-ring (bicyclic) bond motifs is 1. The zero-order valence-corrected chi connectivity index (χ0v) is 14.3. The SMILES string of the molecule is O=C(CCC(=O)c1ccc2c(c1)CCC2)Nc1nc(C2CC2)cs1. The molecule has 1 amide bonds. The number of carbonyl (C=O) groups excluding carboxylic acids is 2. The van der Waals surface area contributed by atoms with E-state index in [2.05, 4.69) is 16.4 Å². The average Bonchev–Trinajstić information content (AvgIpc) is 3.15. The summed E-state index contributed by atoms with van der Waals surface area (Å²) in [6, 6.07) is 5.96. The molecule has 1 saturated carbocycles. The number of hydrogen-bond donors (Lipinski definition) is 1. The van der Waals surface area contributed by atoms with Crippen molar-refractivity contribution in [3.8, 4) is 0 Å². The molecule has 0 saturated heterocycles. The van der Waals surface area contributed by atoms with E-state index in [9.17, 15) is 9.59 Å². The van der Waals surface area contributed by atoms with E-state index in [1.54, 1.807) is 0 Å². The van der Waals surface area contributed by atoms with Crippen molar-refractivity contribution in [3.63, 3.8) is 0 Å². The molecule has 2 aliphatic rings. The van der Waals surface area contributed by atoms with Gasteiger partial charge in [-0.1, -0.05) is 12.1 Å². The molecule has 1 N–H and O–H groups in total. The Bertz CT molecular complexity index is 792. The van der Waals surface area contributed by atoms with Crippen LogP contribution < -0.4 is 5.32 Å². The van der Waals surface area contributed by atoms with Gasteiger partial charge in [-0.15, -0.1) is 11.3 Å². The molecule has 5 heteroatoms. The van der Waals surface area contributed by atoms with Gasteiger partial charge in [0.2, 0.25) is 5.91 Å². The lowest BCUT2D eigenvalue weighted by Gasteiger charge is -2.05. The molecule has 24 heavy (non-hydrogen) atoms. The lowest BCUT2D eigenvalue weighted by molar-refractivity contribution is -0.116. The molecular weight excluding hydrogens is 320 g/mol. The first-order valence-corrected chi connectivity index (χ1v) is 9.47. The maximum absolute atomic E-state index is 12.3. The molecule has 0 atom stereocenters. The van der Waals surface area contributed by atoms with Crippen molar-refractivity contribution in [3.05, 3.63) is 46.0 Å². The van der Waals surface area contributed by atoms with E-state index in [0.29, 0.717) is 11.0 Å². The van der Waals surface area contributed by atoms with Gasteiger partial charge >= 0.3 is 0 Å². The highest BCUT2D eigenvalue weighted by molar-refractivity contribution is 7.13. The summed E-state index contributed by atoms with van der Waals surface area (Å²) in [5.74, 6) is 0.493. The highest BCUT2D eigenvalue weighted by Crippen LogP contribution is 2.40. The van der Waals surface area contributed by atoms with Crippen LogP contribution in [0.25, 0.3) is 0 Å². The van der Waals surface area contributed by atoms with Gasteiger partial charge in [-0.2, -0.15) is 0 Å². The number of thiazole rings is 1. The molecular formula is C19H20N2O2S. The summed E-state index contributed by atoms with van der Waals surface area (Å²) in [5.41, 5.74) is 4.47. The number of amides is 1. The van der Waals surface area contributed by atoms with Gasteiger partial charge in [0.1, 0.15) is 0 Å². The maximum atomic E-state index is 12.3. The number of anilines is 1. The largest absolute Gasteiger partial charge is 0.302 e. The van der Waals surface area contributed by atoms with Gasteiger partial charge in [0, 0.05) is 29.7 Å². The van der Waals surface area contributed by atoms with Crippen molar-refractivity contribution >= 4 is 28.2 Å². The van der Waals surface area contributed by atoms with Crippen LogP contribution in [0.3, 0.4) is 0 Å². The Hall–Kier alpha value is -2.01. The quantitative estimate of drug-likeness (QED) is 0.805. The zero-order valence-electron chi connectivity index (χ0n) is 13.5. The topological polar surface area (TPSA) is 59.1 Å². The molecule has 0 unspecified atom stereocenters. The van der Waals surface area contributed by atoms with Crippen LogP contribution in [0.4, 0.5) is 5.13 Å². The molecule has 2 aromatic rings. The molecule has 0 radical (unpaired) electrons. The number of nitrogens with one attached hydrogen (secondary N) is 1. The van der Waals surface area contributed by atoms with E-state index in [1.807, 2.05) is 17.5 Å². The summed E-state index contributed by atoms with van der Waals surface area (Å²) < 4.78 is 0. The molecule has 0 aliphatic heterocycles. The normalized spacial score (nSPS) is 16.0. The highest BCUT2D eigenvalue weighted by Gasteiger charge is 2.26. The second kappa shape index (κ2) is 6.48. The molecule has 1 heterocycles. The van der Waals surface area contributed by atoms with E-state index in [1.165, 1.54) is 41.7 Å². The zero-order chi connectivity index (χ0) is 16.5. The van der Waals surface area contributed by atoms with Gasteiger partial charge < -0.3 is 5.32 Å². The molecule has 0 spiro atoms. The molecule has 0 bridgehead atoms. The van der Waals surface area contributed by atoms with Gasteiger partial charge in [-0.05, 0) is 49.3 Å². The summed E-state index contributed by atoms with van der Waals surface area (Å²) in [4.78, 5) is 28.8. The van der Waals surface area contributed by atoms with Gasteiger partial charge in [-0.3, -0.25) is 9.59 Å². The van der Waals surface area contributed by atoms with Crippen molar-refractivity contribution in [1.29, 1.82) is 0 Å². The number of nitrogens with zero attached hydrogens (tertiary/aromatic N) is 1. The fourth-order valence-corrected chi connectivity index (χ4v) is 4.02. The van der Waals surface area contributed by atoms with Crippen molar-refractivity contribution in [2.24, 2.45) is 0 Å². The van der Waals surface area contributed by atoms with Crippen LogP contribution in [0.2, 0.25) is 0 Å². The van der Waals surface area contributed by atoms with Crippen molar-refractivity contribution in [2.75, 3.05) is 5.32 Å². The second-order valence-electron chi connectivity index (χ2n) is 6.66. The summed E-state index contributed by atoms with van der Waals surface area (Å²) in [7, 11) is 0. The first kappa shape index (κ1) is 15.5. The van der Waals surface area contributed by atoms with Crippen LogP contribution in [0.15, 0.2) is 23.6 Å². The minimum Gasteiger partial charge on any atom is -0.302 e. The van der Waals surface area contributed by atoms with Gasteiger partial charge in [0.05, 0.1) is 5.69 Å². The Balaban J connectivity index is 1.30. The number of carbonyl (C=O) groups is 2. The highest BCUT2D eigenvalue weighted by atomic mass is 32.1. The van der Waals surface area contributed by atoms with Gasteiger partial charge in [0.25, 0.3) is 0 Å². The maximum Gasteiger partial charge on any atom is 0.226 e. The van der Waals surface area contributed by atoms with E-state index in [0.717, 1.165) is 24.1 Å². The number of aryl methyl sites for hydroxylation is 2. The number of Topliss-reactive ketones (excluding diaryl/α,β-unsaturated/α-hetero) is 1. The second-order valence-corrected chi connectivity index (χ2v) is 7.52. The average molecular weight is 340 g/mol. The van der Waals surface area contributed by atoms with Crippen LogP contribution in [0.5, 0.6) is 0 Å². The third-order valence-corrected chi connectivity index (χ3v) is 5.54. The van der Waals surface area contributed by atoms with E-state index in [4.69, 9.17) is 0 Å². The van der Waals surface area contributed by atoms with E-state index >= 15 is 0 Å². The van der Waals surface area contributed by atoms with Gasteiger partial charge in [0.15, 0.2) is 10.9 Å². The summed E-state index contributed by atoms with van der Waals surface area (Å²) >= 11 is 1.46. The number of aromatic nitrogens is 1. The van der Waals surface area contributed by atoms with Crippen molar-refractivity contribution < 1.29 is 9.59 Å². The predicted molar refractivity (Wildman–Crippen MR) is 94.8 cm³/mol. The molecule has 1 aromatic heterocycles. The minimum absolute atomic E-state index is 0.0395. The Labute approximate surface area is 145 Å². The Morgan fingerprint density at radius 3 is 2.83 bits per heavy atom. The first-order chi connectivity index (χ1) is 11.7. The Morgan fingerprint density at radius 2 is 2.00 bits per heavy atom. The van der Waals surface area contributed by atoms with Gasteiger partial charge in [-0.25, -0.2) is 4.98 Å². The smallest absolute Gasteiger partial charge is 0.226 e. The summed E-state index contributed by atoms with van der Waals surface area (Å²) in [6.45, 7) is 0. The van der Waals surface area contributed by atoms with Crippen molar-refractivity contribution in [1.82, 2.24) is 4.98 Å². The van der Waals surface area contributed by atoms with Crippen molar-refractivity contribution in [2.45, 2.75) is 50.9 Å². The van der Waals surface area contributed by atoms with Crippen LogP contribution in [0, 0.1) is 0 Å². The van der Waals surface area contributed by atoms with Crippen LogP contribution in [-0.2, 0) is 17.6 Å². The third kappa shape index (κ3) is 3.41. The predicted octanol–water partition coefficient (Wildman–Crippen LogP) is 4.11. The number of hydrogen-bond acceptors (Lipinski definition) is 4. The third-order valence-electron chi connectivity index (χ3n) is 4.76. The Kier molecular flexibility index (Phi) is 4.19. The Morgan fingerprint density at radius 1 is 1.17 bits per heavy atom. The standard InChI is InChI=1S/C19H20N2O2S/c22-17(15-7-4-12-2-1-3-14(12)10-15)8-9-18(23)21-19-20-16(11-24-19)13-5-6-13/h4,7,10-11,13H,1-3,5-6,8-9H2,(H,20,21,23). The lowest BCUT2D eigenvalue weighted by Crippen LogP contribution is -2.13. The van der Waals surface area contributed by atoms with E-state index in [-0.39, 0.29) is 24.5 Å². The number of rotatable bonds is 6. The van der Waals surface area contributed by atoms with Crippen LogP contribution in [-0.4, -0.2) is 16.7 Å².